The Morgan fingerprint density at radius 3 is 2.55 bits per heavy atom. The lowest BCUT2D eigenvalue weighted by Crippen LogP contribution is -2.23. The number of nitrogens with one attached hydrogen (secondary N) is 2. The number of aliphatic hydroxyl groups excluding tert-OH is 1. The molecule has 0 spiro atoms. The van der Waals surface area contributed by atoms with E-state index in [1.165, 1.54) is 0 Å². The second-order valence-corrected chi connectivity index (χ2v) is 4.51. The summed E-state index contributed by atoms with van der Waals surface area (Å²) in [5, 5.41) is 14.5. The lowest BCUT2D eigenvalue weighted by Gasteiger charge is -2.07. The van der Waals surface area contributed by atoms with Gasteiger partial charge in [-0.15, -0.1) is 6.58 Å². The van der Waals surface area contributed by atoms with Gasteiger partial charge in [-0.2, -0.15) is 0 Å². The average Bonchev–Trinajstić information content (AvgIpc) is 2.43. The molecular formula is C15H20N2O3. The quantitative estimate of drug-likeness (QED) is 0.663. The van der Waals surface area contributed by atoms with Crippen molar-refractivity contribution in [1.29, 1.82) is 0 Å². The van der Waals surface area contributed by atoms with Crippen LogP contribution in [0.15, 0.2) is 36.9 Å². The Morgan fingerprint density at radius 1 is 1.35 bits per heavy atom. The molecule has 0 aliphatic rings. The molecule has 0 aliphatic heterocycles. The summed E-state index contributed by atoms with van der Waals surface area (Å²) < 4.78 is 0. The van der Waals surface area contributed by atoms with E-state index in [2.05, 4.69) is 17.2 Å². The normalized spacial score (nSPS) is 11.5. The third-order valence-corrected chi connectivity index (χ3v) is 2.63. The predicted octanol–water partition coefficient (Wildman–Crippen LogP) is 1.70. The van der Waals surface area contributed by atoms with E-state index in [0.717, 1.165) is 0 Å². The van der Waals surface area contributed by atoms with Crippen LogP contribution >= 0.6 is 0 Å². The van der Waals surface area contributed by atoms with Crippen LogP contribution in [-0.2, 0) is 4.79 Å². The van der Waals surface area contributed by atoms with Crippen LogP contribution in [0.25, 0.3) is 0 Å². The molecule has 108 valence electrons. The van der Waals surface area contributed by atoms with Crippen molar-refractivity contribution in [3.8, 4) is 0 Å². The average molecular weight is 276 g/mol. The summed E-state index contributed by atoms with van der Waals surface area (Å²) in [6.45, 7) is 5.58. The first kappa shape index (κ1) is 15.9. The Hall–Kier alpha value is -2.14. The van der Waals surface area contributed by atoms with Gasteiger partial charge in [0, 0.05) is 24.2 Å². The minimum atomic E-state index is -0.489. The van der Waals surface area contributed by atoms with E-state index >= 15 is 0 Å². The fourth-order valence-electron chi connectivity index (χ4n) is 1.54. The molecule has 0 saturated carbocycles. The smallest absolute Gasteiger partial charge is 0.251 e. The monoisotopic (exact) mass is 276 g/mol. The lowest BCUT2D eigenvalue weighted by atomic mass is 10.1. The van der Waals surface area contributed by atoms with Gasteiger partial charge in [0.25, 0.3) is 5.91 Å². The maximum Gasteiger partial charge on any atom is 0.251 e. The van der Waals surface area contributed by atoms with E-state index in [0.29, 0.717) is 24.2 Å². The van der Waals surface area contributed by atoms with E-state index < -0.39 is 6.10 Å². The first-order valence-corrected chi connectivity index (χ1v) is 6.50. The van der Waals surface area contributed by atoms with Gasteiger partial charge in [0.1, 0.15) is 0 Å². The van der Waals surface area contributed by atoms with Crippen LogP contribution < -0.4 is 10.6 Å². The zero-order chi connectivity index (χ0) is 15.0. The van der Waals surface area contributed by atoms with E-state index in [9.17, 15) is 9.59 Å². The number of anilines is 1. The van der Waals surface area contributed by atoms with E-state index in [-0.39, 0.29) is 18.2 Å². The predicted molar refractivity (Wildman–Crippen MR) is 78.5 cm³/mol. The number of benzene rings is 1. The molecule has 3 N–H and O–H groups in total. The van der Waals surface area contributed by atoms with Crippen molar-refractivity contribution < 1.29 is 14.7 Å². The summed E-state index contributed by atoms with van der Waals surface area (Å²) in [7, 11) is 0. The minimum absolute atomic E-state index is 0.158. The van der Waals surface area contributed by atoms with Crippen LogP contribution in [0, 0.1) is 0 Å². The van der Waals surface area contributed by atoms with Gasteiger partial charge < -0.3 is 15.7 Å². The highest BCUT2D eigenvalue weighted by atomic mass is 16.3. The molecule has 0 fully saturated rings. The van der Waals surface area contributed by atoms with Gasteiger partial charge in [-0.3, -0.25) is 9.59 Å². The Labute approximate surface area is 118 Å². The Balaban J connectivity index is 2.51. The first-order chi connectivity index (χ1) is 9.52. The van der Waals surface area contributed by atoms with Crippen molar-refractivity contribution in [3.05, 3.63) is 42.5 Å². The van der Waals surface area contributed by atoms with Crippen LogP contribution in [0.4, 0.5) is 5.69 Å². The van der Waals surface area contributed by atoms with Crippen LogP contribution in [0.1, 0.15) is 30.1 Å². The third-order valence-electron chi connectivity index (χ3n) is 2.63. The standard InChI is InChI=1S/C15H20N2O3/c1-3-10-16-15(20)12-5-7-13(8-6-12)17-14(19)9-4-11(2)18/h3,5-8,11,18H,1,4,9-10H2,2H3,(H,16,20)(H,17,19). The van der Waals surface area contributed by atoms with Gasteiger partial charge in [0.15, 0.2) is 0 Å². The van der Waals surface area contributed by atoms with Gasteiger partial charge in [-0.25, -0.2) is 0 Å². The summed E-state index contributed by atoms with van der Waals surface area (Å²) in [5.74, 6) is -0.341. The third kappa shape index (κ3) is 5.67. The van der Waals surface area contributed by atoms with Crippen molar-refractivity contribution in [2.24, 2.45) is 0 Å². The summed E-state index contributed by atoms with van der Waals surface area (Å²) in [6, 6.07) is 6.62. The molecule has 20 heavy (non-hydrogen) atoms. The summed E-state index contributed by atoms with van der Waals surface area (Å²) in [4.78, 5) is 23.2. The number of hydrogen-bond donors (Lipinski definition) is 3. The molecule has 5 heteroatoms. The summed E-state index contributed by atoms with van der Waals surface area (Å²) in [5.41, 5.74) is 1.15. The Kier molecular flexibility index (Phi) is 6.46. The highest BCUT2D eigenvalue weighted by Gasteiger charge is 2.07. The molecule has 1 unspecified atom stereocenters. The van der Waals surface area contributed by atoms with Crippen LogP contribution in [0.2, 0.25) is 0 Å². The maximum absolute atomic E-state index is 11.6. The molecule has 2 amide bonds. The SMILES string of the molecule is C=CCNC(=O)c1ccc(NC(=O)CCC(C)O)cc1. The van der Waals surface area contributed by atoms with Gasteiger partial charge in [0.2, 0.25) is 5.91 Å². The first-order valence-electron chi connectivity index (χ1n) is 6.50. The number of amides is 2. The number of rotatable bonds is 7. The minimum Gasteiger partial charge on any atom is -0.393 e. The van der Waals surface area contributed by atoms with Crippen molar-refractivity contribution in [2.75, 3.05) is 11.9 Å². The highest BCUT2D eigenvalue weighted by Crippen LogP contribution is 2.10. The molecule has 0 aromatic heterocycles. The van der Waals surface area contributed by atoms with Gasteiger partial charge in [-0.05, 0) is 37.6 Å². The molecule has 1 atom stereocenters. The largest absolute Gasteiger partial charge is 0.393 e. The molecule has 0 heterocycles. The summed E-state index contributed by atoms with van der Waals surface area (Å²) >= 11 is 0. The Bertz CT molecular complexity index is 467. The number of carbonyl (C=O) groups is 2. The van der Waals surface area contributed by atoms with Crippen molar-refractivity contribution in [2.45, 2.75) is 25.9 Å². The number of carbonyl (C=O) groups excluding carboxylic acids is 2. The molecule has 1 aromatic carbocycles. The fourth-order valence-corrected chi connectivity index (χ4v) is 1.54. The molecule has 5 nitrogen and oxygen atoms in total. The summed E-state index contributed by atoms with van der Waals surface area (Å²) in [6.07, 6.45) is 1.80. The molecule has 1 aromatic rings. The van der Waals surface area contributed by atoms with Gasteiger partial charge in [-0.1, -0.05) is 6.08 Å². The van der Waals surface area contributed by atoms with Crippen molar-refractivity contribution in [1.82, 2.24) is 5.32 Å². The second-order valence-electron chi connectivity index (χ2n) is 4.51. The van der Waals surface area contributed by atoms with Crippen molar-refractivity contribution in [3.63, 3.8) is 0 Å². The van der Waals surface area contributed by atoms with Crippen LogP contribution in [-0.4, -0.2) is 29.6 Å². The van der Waals surface area contributed by atoms with Crippen LogP contribution in [0.5, 0.6) is 0 Å². The molecule has 0 radical (unpaired) electrons. The molecule has 0 aliphatic carbocycles. The van der Waals surface area contributed by atoms with Gasteiger partial charge >= 0.3 is 0 Å². The molecule has 1 rings (SSSR count). The topological polar surface area (TPSA) is 78.4 Å². The molecule has 0 saturated heterocycles. The lowest BCUT2D eigenvalue weighted by molar-refractivity contribution is -0.116. The molecular weight excluding hydrogens is 256 g/mol. The zero-order valence-electron chi connectivity index (χ0n) is 11.6. The Morgan fingerprint density at radius 2 is 2.00 bits per heavy atom. The van der Waals surface area contributed by atoms with E-state index in [4.69, 9.17) is 5.11 Å². The highest BCUT2D eigenvalue weighted by molar-refractivity contribution is 5.95. The van der Waals surface area contributed by atoms with E-state index in [1.54, 1.807) is 37.3 Å². The number of hydrogen-bond acceptors (Lipinski definition) is 3. The van der Waals surface area contributed by atoms with E-state index in [1.807, 2.05) is 0 Å². The van der Waals surface area contributed by atoms with Gasteiger partial charge in [0.05, 0.1) is 6.10 Å². The zero-order valence-corrected chi connectivity index (χ0v) is 11.6. The van der Waals surface area contributed by atoms with Crippen LogP contribution in [0.3, 0.4) is 0 Å². The number of aliphatic hydroxyl groups is 1. The fraction of sp³-hybridized carbons (Fsp3) is 0.333. The maximum atomic E-state index is 11.6. The second kappa shape index (κ2) is 8.12. The van der Waals surface area contributed by atoms with Crippen molar-refractivity contribution >= 4 is 17.5 Å². The molecule has 0 bridgehead atoms.